The molecule has 4 aromatic rings. The molecule has 0 unspecified atom stereocenters. The SMILES string of the molecule is Cc1cccc2c1-c1ccccc1-c1cc(-c3cc(C(C)C)ccn3)ccc1O2. The molecule has 2 heteroatoms. The molecular formula is C27H23NO. The van der Waals surface area contributed by atoms with Crippen LogP contribution in [0.3, 0.4) is 0 Å². The molecule has 29 heavy (non-hydrogen) atoms. The average molecular weight is 377 g/mol. The van der Waals surface area contributed by atoms with Crippen LogP contribution in [-0.4, -0.2) is 4.98 Å². The van der Waals surface area contributed by atoms with E-state index >= 15 is 0 Å². The number of benzene rings is 3. The van der Waals surface area contributed by atoms with Crippen molar-refractivity contribution >= 4 is 0 Å². The molecule has 1 aliphatic heterocycles. The van der Waals surface area contributed by atoms with Crippen LogP contribution in [0.1, 0.15) is 30.9 Å². The van der Waals surface area contributed by atoms with Crippen molar-refractivity contribution in [3.05, 3.63) is 90.1 Å². The van der Waals surface area contributed by atoms with Crippen LogP contribution in [0.5, 0.6) is 11.5 Å². The van der Waals surface area contributed by atoms with Crippen LogP contribution >= 0.6 is 0 Å². The molecule has 0 spiro atoms. The first-order valence-corrected chi connectivity index (χ1v) is 10.1. The number of aryl methyl sites for hydroxylation is 1. The van der Waals surface area contributed by atoms with Crippen molar-refractivity contribution in [1.29, 1.82) is 0 Å². The maximum atomic E-state index is 6.40. The summed E-state index contributed by atoms with van der Waals surface area (Å²) in [6.45, 7) is 6.56. The minimum Gasteiger partial charge on any atom is -0.456 e. The minimum absolute atomic E-state index is 0.471. The Hall–Kier alpha value is -3.39. The van der Waals surface area contributed by atoms with E-state index in [1.807, 2.05) is 6.20 Å². The summed E-state index contributed by atoms with van der Waals surface area (Å²) in [4.78, 5) is 4.63. The Morgan fingerprint density at radius 3 is 2.41 bits per heavy atom. The highest BCUT2D eigenvalue weighted by molar-refractivity contribution is 5.92. The van der Waals surface area contributed by atoms with E-state index < -0.39 is 0 Å². The molecule has 1 aromatic heterocycles. The van der Waals surface area contributed by atoms with Gasteiger partial charge in [-0.15, -0.1) is 0 Å². The number of fused-ring (bicyclic) bond motifs is 5. The third-order valence-corrected chi connectivity index (χ3v) is 5.67. The molecule has 142 valence electrons. The quantitative estimate of drug-likeness (QED) is 0.316. The molecule has 0 aliphatic carbocycles. The van der Waals surface area contributed by atoms with E-state index in [-0.39, 0.29) is 0 Å². The topological polar surface area (TPSA) is 22.1 Å². The number of hydrogen-bond acceptors (Lipinski definition) is 2. The van der Waals surface area contributed by atoms with Gasteiger partial charge in [-0.3, -0.25) is 4.98 Å². The van der Waals surface area contributed by atoms with Crippen molar-refractivity contribution in [3.8, 4) is 45.0 Å². The highest BCUT2D eigenvalue weighted by Crippen LogP contribution is 2.48. The number of rotatable bonds is 2. The largest absolute Gasteiger partial charge is 0.456 e. The summed E-state index contributed by atoms with van der Waals surface area (Å²) in [5.41, 5.74) is 9.28. The molecule has 0 atom stereocenters. The Balaban J connectivity index is 1.73. The summed E-state index contributed by atoms with van der Waals surface area (Å²) < 4.78 is 6.40. The lowest BCUT2D eigenvalue weighted by atomic mass is 9.91. The first-order valence-electron chi connectivity index (χ1n) is 10.1. The normalized spacial score (nSPS) is 11.9. The van der Waals surface area contributed by atoms with Gasteiger partial charge in [0.2, 0.25) is 0 Å². The van der Waals surface area contributed by atoms with Gasteiger partial charge in [0.05, 0.1) is 5.69 Å². The maximum absolute atomic E-state index is 6.40. The molecule has 0 bridgehead atoms. The number of hydrogen-bond donors (Lipinski definition) is 0. The zero-order valence-electron chi connectivity index (χ0n) is 16.9. The molecule has 0 saturated carbocycles. The van der Waals surface area contributed by atoms with Gasteiger partial charge >= 0.3 is 0 Å². The third kappa shape index (κ3) is 3.01. The highest BCUT2D eigenvalue weighted by Gasteiger charge is 2.22. The Morgan fingerprint density at radius 2 is 1.59 bits per heavy atom. The van der Waals surface area contributed by atoms with E-state index in [1.165, 1.54) is 27.8 Å². The predicted molar refractivity (Wildman–Crippen MR) is 119 cm³/mol. The molecule has 3 aromatic carbocycles. The molecule has 2 nitrogen and oxygen atoms in total. The second kappa shape index (κ2) is 6.89. The Labute approximate surface area is 171 Å². The molecule has 0 saturated heterocycles. The fourth-order valence-electron chi connectivity index (χ4n) is 4.08. The zero-order chi connectivity index (χ0) is 20.0. The van der Waals surface area contributed by atoms with Crippen molar-refractivity contribution in [2.24, 2.45) is 0 Å². The van der Waals surface area contributed by atoms with E-state index in [2.05, 4.69) is 98.6 Å². The van der Waals surface area contributed by atoms with Crippen molar-refractivity contribution in [2.45, 2.75) is 26.7 Å². The van der Waals surface area contributed by atoms with Crippen LogP contribution in [0.15, 0.2) is 79.0 Å². The predicted octanol–water partition coefficient (Wildman–Crippen LogP) is 7.62. The van der Waals surface area contributed by atoms with E-state index in [9.17, 15) is 0 Å². The van der Waals surface area contributed by atoms with Crippen LogP contribution < -0.4 is 4.74 Å². The summed E-state index contributed by atoms with van der Waals surface area (Å²) >= 11 is 0. The molecule has 0 radical (unpaired) electrons. The van der Waals surface area contributed by atoms with Crippen LogP contribution in [0, 0.1) is 6.92 Å². The zero-order valence-corrected chi connectivity index (χ0v) is 16.9. The lowest BCUT2D eigenvalue weighted by molar-refractivity contribution is 0.487. The lowest BCUT2D eigenvalue weighted by Gasteiger charge is -2.12. The van der Waals surface area contributed by atoms with Crippen LogP contribution in [0.2, 0.25) is 0 Å². The standard InChI is InChI=1S/C27H23NO/c1-17(2)19-13-14-28-24(16-19)20-11-12-25-23(15-20)21-8-4-5-9-22(21)27-18(3)7-6-10-26(27)29-25/h4-17H,1-3H3. The van der Waals surface area contributed by atoms with Crippen LogP contribution in [0.4, 0.5) is 0 Å². The summed E-state index contributed by atoms with van der Waals surface area (Å²) in [7, 11) is 0. The van der Waals surface area contributed by atoms with Crippen molar-refractivity contribution in [2.75, 3.05) is 0 Å². The van der Waals surface area contributed by atoms with E-state index in [1.54, 1.807) is 0 Å². The van der Waals surface area contributed by atoms with E-state index in [0.717, 1.165) is 28.3 Å². The average Bonchev–Trinajstić information content (AvgIpc) is 2.88. The van der Waals surface area contributed by atoms with Gasteiger partial charge < -0.3 is 4.74 Å². The first-order chi connectivity index (χ1) is 14.1. The first kappa shape index (κ1) is 17.7. The number of aromatic nitrogens is 1. The summed E-state index contributed by atoms with van der Waals surface area (Å²) in [5, 5.41) is 0. The van der Waals surface area contributed by atoms with Gasteiger partial charge in [-0.2, -0.15) is 0 Å². The van der Waals surface area contributed by atoms with Gasteiger partial charge in [-0.05, 0) is 71.5 Å². The third-order valence-electron chi connectivity index (χ3n) is 5.67. The van der Waals surface area contributed by atoms with Crippen LogP contribution in [0.25, 0.3) is 33.5 Å². The minimum atomic E-state index is 0.471. The molecule has 0 fully saturated rings. The monoisotopic (exact) mass is 377 g/mol. The van der Waals surface area contributed by atoms with Crippen molar-refractivity contribution in [1.82, 2.24) is 4.98 Å². The summed E-state index contributed by atoms with van der Waals surface area (Å²) in [6, 6.07) is 25.5. The maximum Gasteiger partial charge on any atom is 0.135 e. The molecule has 0 N–H and O–H groups in total. The Kier molecular flexibility index (Phi) is 4.21. The van der Waals surface area contributed by atoms with Crippen molar-refractivity contribution < 1.29 is 4.74 Å². The number of nitrogens with zero attached hydrogens (tertiary/aromatic N) is 1. The molecule has 0 amide bonds. The summed E-state index contributed by atoms with van der Waals surface area (Å²) in [6.07, 6.45) is 1.90. The van der Waals surface area contributed by atoms with Gasteiger partial charge in [0.15, 0.2) is 0 Å². The highest BCUT2D eigenvalue weighted by atomic mass is 16.5. The number of pyridine rings is 1. The van der Waals surface area contributed by atoms with Crippen molar-refractivity contribution in [3.63, 3.8) is 0 Å². The lowest BCUT2D eigenvalue weighted by Crippen LogP contribution is -1.92. The molecule has 2 heterocycles. The van der Waals surface area contributed by atoms with Gasteiger partial charge in [0.25, 0.3) is 0 Å². The Morgan fingerprint density at radius 1 is 0.759 bits per heavy atom. The molecular weight excluding hydrogens is 354 g/mol. The smallest absolute Gasteiger partial charge is 0.135 e. The fourth-order valence-corrected chi connectivity index (χ4v) is 4.08. The van der Waals surface area contributed by atoms with Gasteiger partial charge in [-0.25, -0.2) is 0 Å². The molecule has 5 rings (SSSR count). The fraction of sp³-hybridized carbons (Fsp3) is 0.148. The van der Waals surface area contributed by atoms with E-state index in [4.69, 9.17) is 4.74 Å². The summed E-state index contributed by atoms with van der Waals surface area (Å²) in [5.74, 6) is 2.26. The Bertz CT molecular complexity index is 1220. The number of ether oxygens (including phenoxy) is 1. The molecule has 1 aliphatic rings. The second-order valence-electron chi connectivity index (χ2n) is 7.94. The van der Waals surface area contributed by atoms with E-state index in [0.29, 0.717) is 5.92 Å². The second-order valence-corrected chi connectivity index (χ2v) is 7.94. The van der Waals surface area contributed by atoms with Gasteiger partial charge in [-0.1, -0.05) is 50.2 Å². The van der Waals surface area contributed by atoms with Crippen LogP contribution in [-0.2, 0) is 0 Å². The van der Waals surface area contributed by atoms with Gasteiger partial charge in [0.1, 0.15) is 11.5 Å². The van der Waals surface area contributed by atoms with Gasteiger partial charge in [0, 0.05) is 22.9 Å².